The molecule has 0 saturated heterocycles. The van der Waals surface area contributed by atoms with Gasteiger partial charge in [0.05, 0.1) is 5.69 Å². The fourth-order valence-corrected chi connectivity index (χ4v) is 1.70. The van der Waals surface area contributed by atoms with Crippen molar-refractivity contribution < 1.29 is 0 Å². The van der Waals surface area contributed by atoms with E-state index >= 15 is 0 Å². The van der Waals surface area contributed by atoms with Gasteiger partial charge in [-0.1, -0.05) is 46.8 Å². The average molecular weight is 235 g/mol. The summed E-state index contributed by atoms with van der Waals surface area (Å²) in [5.74, 6) is 0. The number of aromatic nitrogens is 2. The minimum Gasteiger partial charge on any atom is -0.311 e. The lowest BCUT2D eigenvalue weighted by molar-refractivity contribution is 0.552. The van der Waals surface area contributed by atoms with Crippen LogP contribution in [0.5, 0.6) is 0 Å². The summed E-state index contributed by atoms with van der Waals surface area (Å²) in [6, 6.07) is 0.524. The summed E-state index contributed by atoms with van der Waals surface area (Å²) in [6.07, 6.45) is 6.39. The molecule has 0 aliphatic heterocycles. The summed E-state index contributed by atoms with van der Waals surface area (Å²) >= 11 is 0. The third-order valence-electron chi connectivity index (χ3n) is 2.51. The molecule has 96 valence electrons. The van der Waals surface area contributed by atoms with Gasteiger partial charge in [-0.3, -0.25) is 4.68 Å². The molecule has 0 atom stereocenters. The third kappa shape index (κ3) is 4.35. The molecule has 1 aromatic heterocycles. The van der Waals surface area contributed by atoms with Gasteiger partial charge < -0.3 is 5.32 Å². The zero-order valence-corrected chi connectivity index (χ0v) is 11.9. The van der Waals surface area contributed by atoms with Crippen molar-refractivity contribution in [2.45, 2.75) is 46.1 Å². The molecule has 0 fully saturated rings. The Labute approximate surface area is 105 Å². The van der Waals surface area contributed by atoms with E-state index in [9.17, 15) is 0 Å². The molecule has 0 aliphatic rings. The van der Waals surface area contributed by atoms with E-state index in [1.807, 2.05) is 11.7 Å². The van der Waals surface area contributed by atoms with Crippen LogP contribution in [0.2, 0.25) is 0 Å². The first-order chi connectivity index (χ1) is 7.80. The van der Waals surface area contributed by atoms with E-state index in [0.29, 0.717) is 6.04 Å². The van der Waals surface area contributed by atoms with Crippen LogP contribution in [-0.4, -0.2) is 22.4 Å². The summed E-state index contributed by atoms with van der Waals surface area (Å²) in [5.41, 5.74) is 2.46. The molecule has 1 N–H and O–H groups in total. The molecule has 1 rings (SSSR count). The van der Waals surface area contributed by atoms with E-state index in [2.05, 4.69) is 63.4 Å². The highest BCUT2D eigenvalue weighted by atomic mass is 15.3. The SMILES string of the molecule is CC(C)NC/C=C/c1cn(C)nc1C(C)(C)C. The molecule has 0 saturated carbocycles. The maximum Gasteiger partial charge on any atom is 0.0750 e. The summed E-state index contributed by atoms with van der Waals surface area (Å²) in [5, 5.41) is 7.91. The molecule has 0 aliphatic carbocycles. The van der Waals surface area contributed by atoms with Crippen LogP contribution in [-0.2, 0) is 12.5 Å². The van der Waals surface area contributed by atoms with E-state index < -0.39 is 0 Å². The molecule has 0 spiro atoms. The van der Waals surface area contributed by atoms with Crippen molar-refractivity contribution in [3.8, 4) is 0 Å². The Kier molecular flexibility index (Phi) is 4.52. The van der Waals surface area contributed by atoms with Crippen LogP contribution in [0.1, 0.15) is 45.9 Å². The minimum absolute atomic E-state index is 0.0897. The first-order valence-electron chi connectivity index (χ1n) is 6.24. The van der Waals surface area contributed by atoms with Crippen LogP contribution in [0.3, 0.4) is 0 Å². The van der Waals surface area contributed by atoms with E-state index in [1.54, 1.807) is 0 Å². The van der Waals surface area contributed by atoms with Gasteiger partial charge in [0, 0.05) is 36.8 Å². The van der Waals surface area contributed by atoms with Gasteiger partial charge >= 0.3 is 0 Å². The minimum atomic E-state index is 0.0897. The van der Waals surface area contributed by atoms with Gasteiger partial charge in [-0.25, -0.2) is 0 Å². The van der Waals surface area contributed by atoms with Gasteiger partial charge in [0.15, 0.2) is 0 Å². The maximum atomic E-state index is 4.54. The second kappa shape index (κ2) is 5.50. The molecule has 0 radical (unpaired) electrons. The predicted octanol–water partition coefficient (Wildman–Crippen LogP) is 2.73. The van der Waals surface area contributed by atoms with E-state index in [-0.39, 0.29) is 5.41 Å². The normalized spacial score (nSPS) is 12.9. The molecule has 0 bridgehead atoms. The second-order valence-electron chi connectivity index (χ2n) is 5.82. The van der Waals surface area contributed by atoms with Gasteiger partial charge in [-0.2, -0.15) is 5.10 Å². The van der Waals surface area contributed by atoms with Crippen LogP contribution in [0.25, 0.3) is 6.08 Å². The first-order valence-corrected chi connectivity index (χ1v) is 6.24. The zero-order valence-electron chi connectivity index (χ0n) is 11.9. The van der Waals surface area contributed by atoms with Crippen molar-refractivity contribution in [3.05, 3.63) is 23.5 Å². The molecule has 3 nitrogen and oxygen atoms in total. The smallest absolute Gasteiger partial charge is 0.0750 e. The number of rotatable bonds is 4. The van der Waals surface area contributed by atoms with Gasteiger partial charge in [-0.15, -0.1) is 0 Å². The predicted molar refractivity (Wildman–Crippen MR) is 74.1 cm³/mol. The standard InChI is InChI=1S/C14H25N3/c1-11(2)15-9-7-8-12-10-17(6)16-13(12)14(3,4)5/h7-8,10-11,15H,9H2,1-6H3/b8-7+. The highest BCUT2D eigenvalue weighted by Crippen LogP contribution is 2.24. The quantitative estimate of drug-likeness (QED) is 0.869. The Morgan fingerprint density at radius 3 is 2.59 bits per heavy atom. The lowest BCUT2D eigenvalue weighted by atomic mass is 9.89. The molecule has 0 amide bonds. The second-order valence-corrected chi connectivity index (χ2v) is 5.82. The van der Waals surface area contributed by atoms with Crippen LogP contribution < -0.4 is 5.32 Å². The summed E-state index contributed by atoms with van der Waals surface area (Å²) in [6.45, 7) is 11.8. The van der Waals surface area contributed by atoms with E-state index in [0.717, 1.165) is 12.2 Å². The number of aryl methyl sites for hydroxylation is 1. The van der Waals surface area contributed by atoms with Crippen molar-refractivity contribution in [1.82, 2.24) is 15.1 Å². The van der Waals surface area contributed by atoms with E-state index in [4.69, 9.17) is 0 Å². The van der Waals surface area contributed by atoms with Crippen molar-refractivity contribution >= 4 is 6.08 Å². The number of hydrogen-bond donors (Lipinski definition) is 1. The summed E-state index contributed by atoms with van der Waals surface area (Å²) in [4.78, 5) is 0. The highest BCUT2D eigenvalue weighted by molar-refractivity contribution is 5.52. The number of nitrogens with zero attached hydrogens (tertiary/aromatic N) is 2. The van der Waals surface area contributed by atoms with Crippen LogP contribution in [0, 0.1) is 0 Å². The van der Waals surface area contributed by atoms with Gasteiger partial charge in [-0.05, 0) is 0 Å². The molecule has 0 aromatic carbocycles. The Bertz CT molecular complexity index is 381. The summed E-state index contributed by atoms with van der Waals surface area (Å²) in [7, 11) is 1.97. The van der Waals surface area contributed by atoms with Crippen molar-refractivity contribution in [2.24, 2.45) is 7.05 Å². The molecule has 17 heavy (non-hydrogen) atoms. The fourth-order valence-electron chi connectivity index (χ4n) is 1.70. The first kappa shape index (κ1) is 14.0. The van der Waals surface area contributed by atoms with Crippen LogP contribution in [0.4, 0.5) is 0 Å². The Morgan fingerprint density at radius 2 is 2.06 bits per heavy atom. The molecule has 3 heteroatoms. The lowest BCUT2D eigenvalue weighted by Gasteiger charge is -2.16. The van der Waals surface area contributed by atoms with Crippen LogP contribution in [0.15, 0.2) is 12.3 Å². The Balaban J connectivity index is 2.77. The lowest BCUT2D eigenvalue weighted by Crippen LogP contribution is -2.22. The van der Waals surface area contributed by atoms with Gasteiger partial charge in [0.25, 0.3) is 0 Å². The zero-order chi connectivity index (χ0) is 13.1. The topological polar surface area (TPSA) is 29.9 Å². The highest BCUT2D eigenvalue weighted by Gasteiger charge is 2.20. The largest absolute Gasteiger partial charge is 0.311 e. The summed E-state index contributed by atoms with van der Waals surface area (Å²) < 4.78 is 1.89. The van der Waals surface area contributed by atoms with E-state index in [1.165, 1.54) is 5.56 Å². The maximum absolute atomic E-state index is 4.54. The molecule has 1 aromatic rings. The molecule has 1 heterocycles. The third-order valence-corrected chi connectivity index (χ3v) is 2.51. The molecular formula is C14H25N3. The van der Waals surface area contributed by atoms with Gasteiger partial charge in [0.2, 0.25) is 0 Å². The number of nitrogens with one attached hydrogen (secondary N) is 1. The fraction of sp³-hybridized carbons (Fsp3) is 0.643. The van der Waals surface area contributed by atoms with Gasteiger partial charge in [0.1, 0.15) is 0 Å². The Morgan fingerprint density at radius 1 is 1.41 bits per heavy atom. The van der Waals surface area contributed by atoms with Crippen LogP contribution >= 0.6 is 0 Å². The Hall–Kier alpha value is -1.09. The van der Waals surface area contributed by atoms with Crippen molar-refractivity contribution in [2.75, 3.05) is 6.54 Å². The van der Waals surface area contributed by atoms with Crippen molar-refractivity contribution in [3.63, 3.8) is 0 Å². The molecule has 0 unspecified atom stereocenters. The monoisotopic (exact) mass is 235 g/mol. The average Bonchev–Trinajstić information content (AvgIpc) is 2.53. The molecular weight excluding hydrogens is 210 g/mol. The van der Waals surface area contributed by atoms with Crippen molar-refractivity contribution in [1.29, 1.82) is 0 Å². The number of hydrogen-bond acceptors (Lipinski definition) is 2.